The van der Waals surface area contributed by atoms with Gasteiger partial charge < -0.3 is 19.4 Å². The molecule has 1 aromatic heterocycles. The lowest BCUT2D eigenvalue weighted by Gasteiger charge is -2.25. The molecule has 2 amide bonds. The summed E-state index contributed by atoms with van der Waals surface area (Å²) in [5, 5.41) is 16.8. The topological polar surface area (TPSA) is 216 Å². The Hall–Kier alpha value is -3.13. The predicted octanol–water partition coefficient (Wildman–Crippen LogP) is 3.60. The average Bonchev–Trinajstić information content (AvgIpc) is 2.96. The number of halogens is 1. The second-order valence-electron chi connectivity index (χ2n) is 9.55. The number of ketones is 1. The van der Waals surface area contributed by atoms with Crippen molar-refractivity contribution in [2.24, 2.45) is 11.1 Å². The van der Waals surface area contributed by atoms with Crippen molar-refractivity contribution in [1.29, 1.82) is 0 Å². The number of carbonyl (C=O) groups is 2. The second-order valence-corrected chi connectivity index (χ2v) is 15.5. The highest BCUT2D eigenvalue weighted by Crippen LogP contribution is 2.32. The molecule has 0 spiro atoms. The number of rotatable bonds is 15. The summed E-state index contributed by atoms with van der Waals surface area (Å²) in [5.41, 5.74) is 2.20. The Bertz CT molecular complexity index is 1480. The molecule has 2 rings (SSSR count). The number of sulfonamides is 1. The number of nitrogens with one attached hydrogen (secondary N) is 2. The molecule has 1 aliphatic rings. The van der Waals surface area contributed by atoms with Gasteiger partial charge >= 0.3 is 16.2 Å². The standard InChI is InChI=1S/C17H26ClNO3S.C9H15N5O7S2/c1-4-14(19-22-8-6-7-18)17-15(20)10-13(11-16(17)21)9-12(3)23-5-2;1-14(22(4,16)17)23(18,19)13-9(15)12-8-10-6(20-2)5-7(11-8)21-3/h6-7,12-13,20H,4-5,8-11H2,1-3H3;5H,1-4H3,(H2,10,11,12,13,15)/b7-6+,19-14+;. The van der Waals surface area contributed by atoms with Crippen LogP contribution in [-0.2, 0) is 29.9 Å². The molecule has 1 aromatic rings. The highest BCUT2D eigenvalue weighted by atomic mass is 35.5. The number of allylic oxidation sites excluding steroid dienone is 2. The monoisotopic (exact) mass is 728 g/mol. The van der Waals surface area contributed by atoms with Crippen LogP contribution in [0.25, 0.3) is 0 Å². The SMILES string of the molecule is CCSC(C)CC1CC(=O)C(/C(CC)=N/OC/C=C/Cl)=C(O)C1.COc1cc(OC)nc(NC(=O)NS(=O)(=O)N(C)S(C)(=O)=O)n1. The van der Waals surface area contributed by atoms with Crippen molar-refractivity contribution in [3.8, 4) is 11.8 Å². The van der Waals surface area contributed by atoms with Gasteiger partial charge in [0, 0.05) is 30.7 Å². The number of aromatic nitrogens is 2. The Morgan fingerprint density at radius 1 is 1.22 bits per heavy atom. The van der Waals surface area contributed by atoms with Gasteiger partial charge in [-0.05, 0) is 30.6 Å². The molecule has 1 heterocycles. The number of ether oxygens (including phenoxy) is 2. The number of Topliss-reactive ketones (excluding diaryl/α,β-unsaturated/α-hetero) is 1. The van der Waals surface area contributed by atoms with E-state index in [1.54, 1.807) is 6.08 Å². The smallest absolute Gasteiger partial charge is 0.336 e. The van der Waals surface area contributed by atoms with Crippen LogP contribution in [0.4, 0.5) is 10.7 Å². The van der Waals surface area contributed by atoms with Gasteiger partial charge in [-0.1, -0.05) is 41.2 Å². The molecule has 2 atom stereocenters. The van der Waals surface area contributed by atoms with E-state index in [0.29, 0.717) is 42.1 Å². The number of thioether (sulfide) groups is 1. The van der Waals surface area contributed by atoms with Gasteiger partial charge in [-0.2, -0.15) is 30.1 Å². The zero-order valence-electron chi connectivity index (χ0n) is 26.6. The molecule has 3 N–H and O–H groups in total. The number of hydrogen-bond acceptors (Lipinski definition) is 14. The molecule has 1 aliphatic carbocycles. The summed E-state index contributed by atoms with van der Waals surface area (Å²) in [4.78, 5) is 36.7. The van der Waals surface area contributed by atoms with Crippen LogP contribution >= 0.6 is 23.4 Å². The molecule has 0 saturated heterocycles. The maximum atomic E-state index is 12.4. The Morgan fingerprint density at radius 2 is 1.83 bits per heavy atom. The van der Waals surface area contributed by atoms with Crippen LogP contribution in [0.5, 0.6) is 11.8 Å². The Balaban J connectivity index is 0.000000460. The number of anilines is 1. The van der Waals surface area contributed by atoms with E-state index in [9.17, 15) is 31.5 Å². The summed E-state index contributed by atoms with van der Waals surface area (Å²) in [6, 6.07) is 0.0628. The van der Waals surface area contributed by atoms with Gasteiger partial charge in [0.25, 0.3) is 0 Å². The zero-order chi connectivity index (χ0) is 35.1. The molecule has 0 radical (unpaired) electrons. The van der Waals surface area contributed by atoms with Crippen molar-refractivity contribution in [2.75, 3.05) is 45.2 Å². The third kappa shape index (κ3) is 13.7. The third-order valence-electron chi connectivity index (χ3n) is 6.05. The fourth-order valence-corrected chi connectivity index (χ4v) is 6.93. The second kappa shape index (κ2) is 19.5. The summed E-state index contributed by atoms with van der Waals surface area (Å²) in [5.74, 6) is 1.19. The Morgan fingerprint density at radius 3 is 2.30 bits per heavy atom. The van der Waals surface area contributed by atoms with E-state index >= 15 is 0 Å². The van der Waals surface area contributed by atoms with Gasteiger partial charge in [0.05, 0.1) is 37.8 Å². The zero-order valence-corrected chi connectivity index (χ0v) is 29.8. The quantitative estimate of drug-likeness (QED) is 0.134. The first kappa shape index (κ1) is 40.9. The molecule has 0 bridgehead atoms. The Labute approximate surface area is 279 Å². The molecule has 0 fully saturated rings. The number of aliphatic hydroxyl groups is 1. The maximum absolute atomic E-state index is 12.4. The van der Waals surface area contributed by atoms with Gasteiger partial charge in [-0.25, -0.2) is 17.9 Å². The molecular formula is C26H41ClN6O10S3. The number of methoxy groups -OCH3 is 2. The fourth-order valence-electron chi connectivity index (χ4n) is 3.93. The minimum Gasteiger partial charge on any atom is -0.511 e. The molecule has 2 unspecified atom stereocenters. The van der Waals surface area contributed by atoms with E-state index in [-0.39, 0.29) is 45.5 Å². The van der Waals surface area contributed by atoms with E-state index in [1.807, 2.05) is 24.0 Å². The molecule has 16 nitrogen and oxygen atoms in total. The van der Waals surface area contributed by atoms with Crippen LogP contribution in [0.15, 0.2) is 34.2 Å². The van der Waals surface area contributed by atoms with Crippen molar-refractivity contribution in [1.82, 2.24) is 18.4 Å². The van der Waals surface area contributed by atoms with Crippen molar-refractivity contribution in [3.05, 3.63) is 29.0 Å². The molecule has 46 heavy (non-hydrogen) atoms. The highest BCUT2D eigenvalue weighted by Gasteiger charge is 2.31. The summed E-state index contributed by atoms with van der Waals surface area (Å²) in [6.07, 6.45) is 4.75. The first-order valence-corrected chi connectivity index (χ1v) is 18.6. The number of nitrogens with zero attached hydrogens (tertiary/aromatic N) is 4. The van der Waals surface area contributed by atoms with Gasteiger partial charge in [0.2, 0.25) is 27.7 Å². The number of amides is 2. The summed E-state index contributed by atoms with van der Waals surface area (Å²) >= 11 is 7.30. The number of carbonyl (C=O) groups excluding carboxylic acids is 2. The van der Waals surface area contributed by atoms with Gasteiger partial charge in [-0.15, -0.1) is 0 Å². The predicted molar refractivity (Wildman–Crippen MR) is 177 cm³/mol. The molecular weight excluding hydrogens is 688 g/mol. The minimum atomic E-state index is -4.60. The van der Waals surface area contributed by atoms with Crippen molar-refractivity contribution in [3.63, 3.8) is 0 Å². The lowest BCUT2D eigenvalue weighted by molar-refractivity contribution is -0.116. The third-order valence-corrected chi connectivity index (χ3v) is 10.8. The van der Waals surface area contributed by atoms with Crippen LogP contribution in [0.3, 0.4) is 0 Å². The minimum absolute atomic E-state index is 0.00654. The summed E-state index contributed by atoms with van der Waals surface area (Å²) in [6.45, 7) is 6.43. The summed E-state index contributed by atoms with van der Waals surface area (Å²) < 4.78 is 57.0. The molecule has 0 aromatic carbocycles. The van der Waals surface area contributed by atoms with E-state index in [1.165, 1.54) is 30.5 Å². The molecule has 20 heteroatoms. The molecule has 0 aliphatic heterocycles. The van der Waals surface area contributed by atoms with Crippen LogP contribution < -0.4 is 19.5 Å². The van der Waals surface area contributed by atoms with E-state index in [0.717, 1.165) is 19.2 Å². The lowest BCUT2D eigenvalue weighted by atomic mass is 9.82. The largest absolute Gasteiger partial charge is 0.511 e. The summed E-state index contributed by atoms with van der Waals surface area (Å²) in [7, 11) is -5.27. The first-order chi connectivity index (χ1) is 21.5. The average molecular weight is 729 g/mol. The highest BCUT2D eigenvalue weighted by molar-refractivity contribution is 8.03. The number of urea groups is 1. The van der Waals surface area contributed by atoms with Crippen LogP contribution in [0, 0.1) is 5.92 Å². The normalized spacial score (nSPS) is 16.5. The van der Waals surface area contributed by atoms with E-state index in [2.05, 4.69) is 29.0 Å². The van der Waals surface area contributed by atoms with Crippen LogP contribution in [0.2, 0.25) is 0 Å². The van der Waals surface area contributed by atoms with Crippen LogP contribution in [0.1, 0.15) is 46.5 Å². The lowest BCUT2D eigenvalue weighted by Crippen LogP contribution is -2.45. The van der Waals surface area contributed by atoms with Gasteiger partial charge in [0.1, 0.15) is 12.4 Å². The van der Waals surface area contributed by atoms with Crippen LogP contribution in [-0.4, -0.2) is 98.3 Å². The number of aliphatic hydroxyl groups excluding tert-OH is 1. The first-order valence-electron chi connectivity index (χ1n) is 13.8. The van der Waals surface area contributed by atoms with Crippen molar-refractivity contribution < 1.29 is 45.8 Å². The maximum Gasteiger partial charge on any atom is 0.336 e. The van der Waals surface area contributed by atoms with Gasteiger partial charge in [-0.3, -0.25) is 10.1 Å². The van der Waals surface area contributed by atoms with Crippen molar-refractivity contribution >= 4 is 67.1 Å². The number of hydrogen-bond donors (Lipinski definition) is 3. The fraction of sp³-hybridized carbons (Fsp3) is 0.577. The van der Waals surface area contributed by atoms with E-state index < -0.39 is 26.3 Å². The molecule has 260 valence electrons. The Kier molecular flexibility index (Phi) is 17.3. The molecule has 0 saturated carbocycles. The van der Waals surface area contributed by atoms with Crippen molar-refractivity contribution in [2.45, 2.75) is 51.7 Å². The van der Waals surface area contributed by atoms with E-state index in [4.69, 9.17) is 25.9 Å². The van der Waals surface area contributed by atoms with Gasteiger partial charge in [0.15, 0.2) is 5.78 Å². The number of oxime groups is 1.